The molecular weight excluding hydrogens is 464 g/mol. The second-order valence-corrected chi connectivity index (χ2v) is 8.45. The second kappa shape index (κ2) is 11.3. The minimum absolute atomic E-state index is 0.313. The van der Waals surface area contributed by atoms with Crippen molar-refractivity contribution >= 4 is 23.2 Å². The van der Waals surface area contributed by atoms with Gasteiger partial charge in [-0.3, -0.25) is 25.4 Å². The summed E-state index contributed by atoms with van der Waals surface area (Å²) in [4.78, 5) is 34.4. The number of carbonyl (C=O) groups is 2. The first kappa shape index (κ1) is 23.9. The first-order chi connectivity index (χ1) is 17.0. The van der Waals surface area contributed by atoms with E-state index in [4.69, 9.17) is 9.47 Å². The van der Waals surface area contributed by atoms with E-state index in [2.05, 4.69) is 20.8 Å². The minimum Gasteiger partial charge on any atom is -0.490 e. The molecule has 0 fully saturated rings. The third kappa shape index (κ3) is 6.01. The van der Waals surface area contributed by atoms with E-state index in [1.165, 1.54) is 11.3 Å². The molecule has 2 N–H and O–H groups in total. The van der Waals surface area contributed by atoms with E-state index in [0.29, 0.717) is 40.8 Å². The van der Waals surface area contributed by atoms with E-state index in [9.17, 15) is 9.59 Å². The van der Waals surface area contributed by atoms with Gasteiger partial charge >= 0.3 is 0 Å². The number of nitrogens with one attached hydrogen (secondary N) is 2. The van der Waals surface area contributed by atoms with E-state index < -0.39 is 11.8 Å². The van der Waals surface area contributed by atoms with Gasteiger partial charge in [0.2, 0.25) is 0 Å². The zero-order valence-corrected chi connectivity index (χ0v) is 20.1. The number of hydrogen-bond donors (Lipinski definition) is 2. The molecule has 0 aliphatic carbocycles. The summed E-state index contributed by atoms with van der Waals surface area (Å²) >= 11 is 1.27. The molecule has 178 valence electrons. The number of hydrogen-bond acceptors (Lipinski definition) is 7. The van der Waals surface area contributed by atoms with Crippen molar-refractivity contribution in [3.8, 4) is 22.1 Å². The average molecular weight is 489 g/mol. The summed E-state index contributed by atoms with van der Waals surface area (Å²) in [5.41, 5.74) is 7.67. The monoisotopic (exact) mass is 488 g/mol. The number of aromatic nitrogens is 2. The van der Waals surface area contributed by atoms with Crippen molar-refractivity contribution in [3.63, 3.8) is 0 Å². The first-order valence-electron chi connectivity index (χ1n) is 11.0. The highest BCUT2D eigenvalue weighted by Gasteiger charge is 2.18. The molecule has 2 amide bonds. The molecule has 4 rings (SSSR count). The van der Waals surface area contributed by atoms with Gasteiger partial charge in [-0.1, -0.05) is 36.4 Å². The van der Waals surface area contributed by atoms with Crippen LogP contribution in [0, 0.1) is 6.92 Å². The van der Waals surface area contributed by atoms with Crippen molar-refractivity contribution < 1.29 is 19.1 Å². The SMILES string of the molecule is CCOc1cc(C(=O)NNC(=O)c2sc(-c3ccccc3)nc2C)ccc1OCc1cccnc1. The predicted octanol–water partition coefficient (Wildman–Crippen LogP) is 4.57. The molecule has 8 nitrogen and oxygen atoms in total. The molecule has 0 bridgehead atoms. The van der Waals surface area contributed by atoms with Crippen LogP contribution in [0.5, 0.6) is 11.5 Å². The molecular formula is C26H24N4O4S. The Kier molecular flexibility index (Phi) is 7.69. The minimum atomic E-state index is -0.483. The van der Waals surface area contributed by atoms with Crippen molar-refractivity contribution in [3.05, 3.63) is 94.8 Å². The van der Waals surface area contributed by atoms with E-state index in [-0.39, 0.29) is 0 Å². The Bertz CT molecular complexity index is 1310. The van der Waals surface area contributed by atoms with Crippen molar-refractivity contribution in [2.75, 3.05) is 6.61 Å². The summed E-state index contributed by atoms with van der Waals surface area (Å²) in [5.74, 6) is 0.0201. The lowest BCUT2D eigenvalue weighted by Crippen LogP contribution is -2.41. The van der Waals surface area contributed by atoms with Gasteiger partial charge in [0, 0.05) is 29.1 Å². The Balaban J connectivity index is 1.40. The number of benzene rings is 2. The number of thiazole rings is 1. The van der Waals surface area contributed by atoms with Crippen LogP contribution >= 0.6 is 11.3 Å². The van der Waals surface area contributed by atoms with E-state index in [1.807, 2.05) is 49.4 Å². The van der Waals surface area contributed by atoms with Gasteiger partial charge in [0.25, 0.3) is 11.8 Å². The molecule has 0 saturated carbocycles. The quantitative estimate of drug-likeness (QED) is 0.353. The van der Waals surface area contributed by atoms with E-state index in [1.54, 1.807) is 37.5 Å². The molecule has 2 heterocycles. The van der Waals surface area contributed by atoms with Gasteiger partial charge in [-0.25, -0.2) is 4.98 Å². The molecule has 0 spiro atoms. The number of nitrogens with zero attached hydrogens (tertiary/aromatic N) is 2. The number of aryl methyl sites for hydroxylation is 1. The highest BCUT2D eigenvalue weighted by molar-refractivity contribution is 7.17. The van der Waals surface area contributed by atoms with Crippen LogP contribution in [0.15, 0.2) is 73.1 Å². The van der Waals surface area contributed by atoms with Gasteiger partial charge in [0.1, 0.15) is 16.5 Å². The third-order valence-corrected chi connectivity index (χ3v) is 6.14. The molecule has 0 atom stereocenters. The highest BCUT2D eigenvalue weighted by atomic mass is 32.1. The Morgan fingerprint density at radius 2 is 1.74 bits per heavy atom. The number of ether oxygens (including phenoxy) is 2. The smallest absolute Gasteiger partial charge is 0.281 e. The molecule has 35 heavy (non-hydrogen) atoms. The summed E-state index contributed by atoms with van der Waals surface area (Å²) in [6, 6.07) is 18.2. The van der Waals surface area contributed by atoms with Gasteiger partial charge in [-0.2, -0.15) is 0 Å². The summed E-state index contributed by atoms with van der Waals surface area (Å²) < 4.78 is 11.5. The summed E-state index contributed by atoms with van der Waals surface area (Å²) in [6.45, 7) is 4.32. The first-order valence-corrected chi connectivity index (χ1v) is 11.8. The van der Waals surface area contributed by atoms with Crippen LogP contribution in [0.1, 0.15) is 38.2 Å². The second-order valence-electron chi connectivity index (χ2n) is 7.45. The topological polar surface area (TPSA) is 102 Å². The number of carbonyl (C=O) groups excluding carboxylic acids is 2. The number of hydrazine groups is 1. The molecule has 2 aromatic carbocycles. The standard InChI is InChI=1S/C26H24N4O4S/c1-3-33-22-14-20(11-12-21(22)34-16-18-8-7-13-27-15-18)24(31)29-30-25(32)23-17(2)28-26(35-23)19-9-5-4-6-10-19/h4-15H,3,16H2,1-2H3,(H,29,31)(H,30,32). The summed E-state index contributed by atoms with van der Waals surface area (Å²) in [7, 11) is 0. The lowest BCUT2D eigenvalue weighted by Gasteiger charge is -2.13. The lowest BCUT2D eigenvalue weighted by atomic mass is 10.2. The van der Waals surface area contributed by atoms with Gasteiger partial charge < -0.3 is 9.47 Å². The largest absolute Gasteiger partial charge is 0.490 e. The fourth-order valence-corrected chi connectivity index (χ4v) is 4.20. The van der Waals surface area contributed by atoms with Gasteiger partial charge in [-0.15, -0.1) is 11.3 Å². The van der Waals surface area contributed by atoms with Gasteiger partial charge in [0.15, 0.2) is 11.5 Å². The van der Waals surface area contributed by atoms with Crippen molar-refractivity contribution in [2.45, 2.75) is 20.5 Å². The maximum Gasteiger partial charge on any atom is 0.281 e. The van der Waals surface area contributed by atoms with E-state index >= 15 is 0 Å². The van der Waals surface area contributed by atoms with Gasteiger partial charge in [-0.05, 0) is 38.1 Å². The molecule has 4 aromatic rings. The molecule has 2 aromatic heterocycles. The number of rotatable bonds is 8. The van der Waals surface area contributed by atoms with Crippen LogP contribution in [-0.2, 0) is 6.61 Å². The Morgan fingerprint density at radius 3 is 2.49 bits per heavy atom. The maximum atomic E-state index is 12.7. The fourth-order valence-electron chi connectivity index (χ4n) is 3.24. The third-order valence-electron chi connectivity index (χ3n) is 4.94. The predicted molar refractivity (Wildman–Crippen MR) is 133 cm³/mol. The summed E-state index contributed by atoms with van der Waals surface area (Å²) in [6.07, 6.45) is 3.41. The highest BCUT2D eigenvalue weighted by Crippen LogP contribution is 2.30. The van der Waals surface area contributed by atoms with Crippen molar-refractivity contribution in [2.24, 2.45) is 0 Å². The molecule has 0 aliphatic rings. The average Bonchev–Trinajstić information content (AvgIpc) is 3.29. The zero-order chi connectivity index (χ0) is 24.6. The molecule has 0 saturated heterocycles. The van der Waals surface area contributed by atoms with Crippen LogP contribution in [-0.4, -0.2) is 28.4 Å². The van der Waals surface area contributed by atoms with Crippen LogP contribution < -0.4 is 20.3 Å². The lowest BCUT2D eigenvalue weighted by molar-refractivity contribution is 0.0848. The Labute approximate surface area is 206 Å². The van der Waals surface area contributed by atoms with Crippen LogP contribution in [0.3, 0.4) is 0 Å². The molecule has 0 unspecified atom stereocenters. The number of amides is 2. The molecule has 0 aliphatic heterocycles. The fraction of sp³-hybridized carbons (Fsp3) is 0.154. The van der Waals surface area contributed by atoms with E-state index in [0.717, 1.165) is 16.1 Å². The Morgan fingerprint density at radius 1 is 0.943 bits per heavy atom. The normalized spacial score (nSPS) is 10.5. The zero-order valence-electron chi connectivity index (χ0n) is 19.3. The molecule has 0 radical (unpaired) electrons. The van der Waals surface area contributed by atoms with Gasteiger partial charge in [0.05, 0.1) is 12.3 Å². The van der Waals surface area contributed by atoms with Crippen molar-refractivity contribution in [1.82, 2.24) is 20.8 Å². The molecule has 9 heteroatoms. The van der Waals surface area contributed by atoms with Crippen LogP contribution in [0.25, 0.3) is 10.6 Å². The maximum absolute atomic E-state index is 12.7. The van der Waals surface area contributed by atoms with Crippen LogP contribution in [0.2, 0.25) is 0 Å². The Hall–Kier alpha value is -4.24. The van der Waals surface area contributed by atoms with Crippen molar-refractivity contribution in [1.29, 1.82) is 0 Å². The summed E-state index contributed by atoms with van der Waals surface area (Å²) in [5, 5.41) is 0.739. The van der Waals surface area contributed by atoms with Crippen LogP contribution in [0.4, 0.5) is 0 Å². The number of pyridine rings is 1.